The maximum Gasteiger partial charge on any atom is 0.0616 e. The Morgan fingerprint density at radius 1 is 1.41 bits per heavy atom. The van der Waals surface area contributed by atoms with Gasteiger partial charge in [-0.05, 0) is 44.0 Å². The summed E-state index contributed by atoms with van der Waals surface area (Å²) >= 11 is 0. The lowest BCUT2D eigenvalue weighted by Crippen LogP contribution is -2.35. The summed E-state index contributed by atoms with van der Waals surface area (Å²) in [5.41, 5.74) is 6.78. The van der Waals surface area contributed by atoms with E-state index in [1.165, 1.54) is 5.56 Å². The number of ether oxygens (including phenoxy) is 1. The molecule has 4 nitrogen and oxygen atoms in total. The van der Waals surface area contributed by atoms with Crippen LogP contribution in [0.25, 0.3) is 0 Å². The minimum atomic E-state index is 0.302. The number of hydrogen-bond donors (Lipinski definition) is 2. The van der Waals surface area contributed by atoms with Crippen LogP contribution in [0.2, 0.25) is 0 Å². The fourth-order valence-electron chi connectivity index (χ4n) is 1.88. The Morgan fingerprint density at radius 3 is 2.71 bits per heavy atom. The third kappa shape index (κ3) is 5.26. The quantitative estimate of drug-likeness (QED) is 0.719. The Balaban J connectivity index is 2.48. The van der Waals surface area contributed by atoms with Gasteiger partial charge in [0, 0.05) is 31.6 Å². The molecule has 4 heteroatoms. The van der Waals surface area contributed by atoms with Crippen molar-refractivity contribution < 1.29 is 4.74 Å². The maximum absolute atomic E-state index is 5.54. The molecule has 0 saturated carbocycles. The van der Waals surface area contributed by atoms with Crippen LogP contribution in [-0.2, 0) is 4.74 Å². The highest BCUT2D eigenvalue weighted by atomic mass is 16.5. The Kier molecular flexibility index (Phi) is 6.77. The molecular formula is C13H23N3O. The number of rotatable bonds is 8. The fraction of sp³-hybridized carbons (Fsp3) is 0.615. The Hall–Kier alpha value is -0.970. The van der Waals surface area contributed by atoms with E-state index >= 15 is 0 Å². The second kappa shape index (κ2) is 8.17. The molecule has 96 valence electrons. The van der Waals surface area contributed by atoms with Crippen molar-refractivity contribution in [2.75, 3.05) is 20.3 Å². The van der Waals surface area contributed by atoms with Gasteiger partial charge in [-0.2, -0.15) is 0 Å². The molecule has 1 unspecified atom stereocenters. The Morgan fingerprint density at radius 2 is 2.12 bits per heavy atom. The van der Waals surface area contributed by atoms with E-state index in [0.717, 1.165) is 26.0 Å². The van der Waals surface area contributed by atoms with E-state index in [4.69, 9.17) is 10.5 Å². The van der Waals surface area contributed by atoms with E-state index < -0.39 is 0 Å². The third-order valence-electron chi connectivity index (χ3n) is 2.82. The van der Waals surface area contributed by atoms with Crippen molar-refractivity contribution in [3.8, 4) is 0 Å². The molecule has 0 amide bonds. The second-order valence-corrected chi connectivity index (χ2v) is 4.25. The zero-order chi connectivity index (χ0) is 12.5. The number of nitrogens with two attached hydrogens (primary N) is 1. The first-order valence-electron chi connectivity index (χ1n) is 6.13. The van der Waals surface area contributed by atoms with Gasteiger partial charge in [0.25, 0.3) is 0 Å². The molecule has 1 aromatic rings. The highest BCUT2D eigenvalue weighted by molar-refractivity contribution is 5.14. The lowest BCUT2D eigenvalue weighted by atomic mass is 10.1. The molecule has 0 bridgehead atoms. The summed E-state index contributed by atoms with van der Waals surface area (Å²) in [4.78, 5) is 4.02. The van der Waals surface area contributed by atoms with Crippen LogP contribution >= 0.6 is 0 Å². The number of aromatic nitrogens is 1. The van der Waals surface area contributed by atoms with Gasteiger partial charge in [-0.1, -0.05) is 0 Å². The van der Waals surface area contributed by atoms with Crippen molar-refractivity contribution in [3.63, 3.8) is 0 Å². The summed E-state index contributed by atoms with van der Waals surface area (Å²) < 4.78 is 5.22. The lowest BCUT2D eigenvalue weighted by molar-refractivity contribution is 0.156. The van der Waals surface area contributed by atoms with E-state index in [-0.39, 0.29) is 0 Å². The van der Waals surface area contributed by atoms with Gasteiger partial charge in [-0.3, -0.25) is 4.98 Å². The Bertz CT molecular complexity index is 292. The molecule has 0 aromatic carbocycles. The molecule has 0 fully saturated rings. The molecule has 1 heterocycles. The van der Waals surface area contributed by atoms with Crippen LogP contribution < -0.4 is 11.1 Å². The van der Waals surface area contributed by atoms with Crippen LogP contribution in [0.4, 0.5) is 0 Å². The summed E-state index contributed by atoms with van der Waals surface area (Å²) in [7, 11) is 1.73. The number of pyridine rings is 1. The summed E-state index contributed by atoms with van der Waals surface area (Å²) in [5, 5.41) is 3.56. The monoisotopic (exact) mass is 237 g/mol. The summed E-state index contributed by atoms with van der Waals surface area (Å²) in [6, 6.07) is 4.72. The predicted molar refractivity (Wildman–Crippen MR) is 69.7 cm³/mol. The molecular weight excluding hydrogens is 214 g/mol. The average molecular weight is 237 g/mol. The molecule has 0 aliphatic heterocycles. The predicted octanol–water partition coefficient (Wildman–Crippen LogP) is 1.49. The first kappa shape index (κ1) is 14.1. The smallest absolute Gasteiger partial charge is 0.0616 e. The van der Waals surface area contributed by atoms with Crippen molar-refractivity contribution in [1.82, 2.24) is 10.3 Å². The van der Waals surface area contributed by atoms with Gasteiger partial charge in [-0.15, -0.1) is 0 Å². The van der Waals surface area contributed by atoms with Gasteiger partial charge in [0.05, 0.1) is 6.61 Å². The number of methoxy groups -OCH3 is 1. The number of nitrogens with zero attached hydrogens (tertiary/aromatic N) is 1. The summed E-state index contributed by atoms with van der Waals surface area (Å²) in [5.74, 6) is 0. The van der Waals surface area contributed by atoms with Crippen molar-refractivity contribution in [2.45, 2.75) is 31.8 Å². The molecule has 2 atom stereocenters. The van der Waals surface area contributed by atoms with Gasteiger partial charge in [-0.25, -0.2) is 0 Å². The van der Waals surface area contributed by atoms with Gasteiger partial charge in [0.2, 0.25) is 0 Å². The SMILES string of the molecule is COCC(CCCN)N[C@H](C)c1ccncc1. The zero-order valence-electron chi connectivity index (χ0n) is 10.7. The lowest BCUT2D eigenvalue weighted by Gasteiger charge is -2.23. The fourth-order valence-corrected chi connectivity index (χ4v) is 1.88. The highest BCUT2D eigenvalue weighted by Crippen LogP contribution is 2.12. The minimum absolute atomic E-state index is 0.302. The second-order valence-electron chi connectivity index (χ2n) is 4.25. The molecule has 1 aromatic heterocycles. The number of hydrogen-bond acceptors (Lipinski definition) is 4. The third-order valence-corrected chi connectivity index (χ3v) is 2.82. The van der Waals surface area contributed by atoms with Crippen LogP contribution in [0.1, 0.15) is 31.4 Å². The van der Waals surface area contributed by atoms with E-state index in [0.29, 0.717) is 12.1 Å². The molecule has 0 aliphatic carbocycles. The maximum atomic E-state index is 5.54. The topological polar surface area (TPSA) is 60.2 Å². The summed E-state index contributed by atoms with van der Waals surface area (Å²) in [6.07, 6.45) is 5.70. The normalized spacial score (nSPS) is 14.5. The average Bonchev–Trinajstić information content (AvgIpc) is 2.37. The van der Waals surface area contributed by atoms with E-state index in [2.05, 4.69) is 17.2 Å². The molecule has 17 heavy (non-hydrogen) atoms. The molecule has 0 spiro atoms. The van der Waals surface area contributed by atoms with Crippen LogP contribution in [-0.4, -0.2) is 31.3 Å². The van der Waals surface area contributed by atoms with E-state index in [9.17, 15) is 0 Å². The van der Waals surface area contributed by atoms with Gasteiger partial charge < -0.3 is 15.8 Å². The summed E-state index contributed by atoms with van der Waals surface area (Å²) in [6.45, 7) is 3.60. The van der Waals surface area contributed by atoms with Crippen LogP contribution in [0.15, 0.2) is 24.5 Å². The highest BCUT2D eigenvalue weighted by Gasteiger charge is 2.12. The molecule has 0 aliphatic rings. The van der Waals surface area contributed by atoms with Crippen LogP contribution in [0.3, 0.4) is 0 Å². The van der Waals surface area contributed by atoms with E-state index in [1.54, 1.807) is 7.11 Å². The van der Waals surface area contributed by atoms with Crippen LogP contribution in [0, 0.1) is 0 Å². The van der Waals surface area contributed by atoms with Gasteiger partial charge in [0.15, 0.2) is 0 Å². The van der Waals surface area contributed by atoms with Gasteiger partial charge in [0.1, 0.15) is 0 Å². The molecule has 3 N–H and O–H groups in total. The molecule has 1 rings (SSSR count). The minimum Gasteiger partial charge on any atom is -0.383 e. The first-order valence-corrected chi connectivity index (χ1v) is 6.13. The van der Waals surface area contributed by atoms with Crippen molar-refractivity contribution in [3.05, 3.63) is 30.1 Å². The zero-order valence-corrected chi connectivity index (χ0v) is 10.7. The first-order chi connectivity index (χ1) is 8.27. The van der Waals surface area contributed by atoms with Crippen molar-refractivity contribution in [2.24, 2.45) is 5.73 Å². The largest absolute Gasteiger partial charge is 0.383 e. The van der Waals surface area contributed by atoms with Crippen LogP contribution in [0.5, 0.6) is 0 Å². The molecule has 0 saturated heterocycles. The van der Waals surface area contributed by atoms with E-state index in [1.807, 2.05) is 24.5 Å². The Labute approximate surface area is 104 Å². The molecule has 0 radical (unpaired) electrons. The van der Waals surface area contributed by atoms with Crippen molar-refractivity contribution in [1.29, 1.82) is 0 Å². The van der Waals surface area contributed by atoms with Gasteiger partial charge >= 0.3 is 0 Å². The number of nitrogens with one attached hydrogen (secondary N) is 1. The van der Waals surface area contributed by atoms with Crippen molar-refractivity contribution >= 4 is 0 Å². The standard InChI is InChI=1S/C13H23N3O/c1-11(12-5-8-15-9-6-12)16-13(10-17-2)4-3-7-14/h5-6,8-9,11,13,16H,3-4,7,10,14H2,1-2H3/t11-,13?/m1/s1.